The molecule has 1 aliphatic heterocycles. The molecule has 5 nitrogen and oxygen atoms in total. The zero-order chi connectivity index (χ0) is 18.1. The first-order chi connectivity index (χ1) is 12.2. The molecular weight excluding hydrogens is 439 g/mol. The quantitative estimate of drug-likeness (QED) is 0.343. The van der Waals surface area contributed by atoms with Crippen LogP contribution in [0.2, 0.25) is 0 Å². The first-order valence-corrected chi connectivity index (χ1v) is 9.47. The van der Waals surface area contributed by atoms with Crippen molar-refractivity contribution < 1.29 is 4.74 Å². The summed E-state index contributed by atoms with van der Waals surface area (Å²) in [5.74, 6) is 2.53. The lowest BCUT2D eigenvalue weighted by molar-refractivity contribution is 0.239. The molecule has 1 fully saturated rings. The molecular formula is C20H35IN4O. The second-order valence-electron chi connectivity index (χ2n) is 7.06. The highest BCUT2D eigenvalue weighted by molar-refractivity contribution is 14.0. The van der Waals surface area contributed by atoms with E-state index in [1.54, 1.807) is 7.11 Å². The van der Waals surface area contributed by atoms with Gasteiger partial charge in [-0.3, -0.25) is 9.89 Å². The fraction of sp³-hybridized carbons (Fsp3) is 0.650. The maximum Gasteiger partial charge on any atom is 0.191 e. The van der Waals surface area contributed by atoms with E-state index in [0.29, 0.717) is 12.0 Å². The summed E-state index contributed by atoms with van der Waals surface area (Å²) < 4.78 is 5.61. The highest BCUT2D eigenvalue weighted by Gasteiger charge is 2.25. The highest BCUT2D eigenvalue weighted by atomic mass is 127. The van der Waals surface area contributed by atoms with E-state index in [1.807, 2.05) is 19.2 Å². The van der Waals surface area contributed by atoms with Crippen LogP contribution in [0.3, 0.4) is 0 Å². The Morgan fingerprint density at radius 2 is 1.88 bits per heavy atom. The van der Waals surface area contributed by atoms with Gasteiger partial charge in [0, 0.05) is 25.7 Å². The maximum absolute atomic E-state index is 5.61. The smallest absolute Gasteiger partial charge is 0.191 e. The minimum Gasteiger partial charge on any atom is -0.496 e. The molecule has 0 saturated carbocycles. The number of aliphatic imine (C=N–C) groups is 1. The highest BCUT2D eigenvalue weighted by Crippen LogP contribution is 2.31. The van der Waals surface area contributed by atoms with Crippen LogP contribution in [-0.2, 0) is 0 Å². The monoisotopic (exact) mass is 474 g/mol. The standard InChI is InChI=1S/C20H34N4O.HI/c1-16(2)11-12-22-20(21-3)23-15-18(24-13-7-8-14-24)17-9-5-6-10-19(17)25-4;/h5-6,9-10,16,18H,7-8,11-15H2,1-4H3,(H2,21,22,23);1H. The third-order valence-corrected chi connectivity index (χ3v) is 4.78. The van der Waals surface area contributed by atoms with Crippen molar-refractivity contribution in [1.82, 2.24) is 15.5 Å². The first kappa shape index (κ1) is 23.0. The molecule has 0 bridgehead atoms. The van der Waals surface area contributed by atoms with Crippen LogP contribution in [-0.4, -0.2) is 51.2 Å². The number of hydrogen-bond acceptors (Lipinski definition) is 3. The average Bonchev–Trinajstić information content (AvgIpc) is 3.15. The van der Waals surface area contributed by atoms with E-state index in [4.69, 9.17) is 4.74 Å². The van der Waals surface area contributed by atoms with Crippen LogP contribution >= 0.6 is 24.0 Å². The SMILES string of the molecule is CN=C(NCCC(C)C)NCC(c1ccccc1OC)N1CCCC1.I. The van der Waals surface area contributed by atoms with Gasteiger partial charge in [-0.15, -0.1) is 24.0 Å². The number of nitrogens with zero attached hydrogens (tertiary/aromatic N) is 2. The molecule has 0 aliphatic carbocycles. The molecule has 2 N–H and O–H groups in total. The lowest BCUT2D eigenvalue weighted by Crippen LogP contribution is -2.43. The van der Waals surface area contributed by atoms with Gasteiger partial charge in [-0.1, -0.05) is 32.0 Å². The van der Waals surface area contributed by atoms with Gasteiger partial charge in [-0.2, -0.15) is 0 Å². The number of guanidine groups is 1. The molecule has 1 aliphatic rings. The minimum absolute atomic E-state index is 0. The van der Waals surface area contributed by atoms with Crippen molar-refractivity contribution in [2.24, 2.45) is 10.9 Å². The van der Waals surface area contributed by atoms with E-state index in [0.717, 1.165) is 44.3 Å². The van der Waals surface area contributed by atoms with Gasteiger partial charge < -0.3 is 15.4 Å². The Kier molecular flexibility index (Phi) is 11.0. The van der Waals surface area contributed by atoms with Crippen molar-refractivity contribution in [2.45, 2.75) is 39.2 Å². The van der Waals surface area contributed by atoms with Crippen LogP contribution in [0.15, 0.2) is 29.3 Å². The van der Waals surface area contributed by atoms with Crippen LogP contribution in [0.4, 0.5) is 0 Å². The summed E-state index contributed by atoms with van der Waals surface area (Å²) in [7, 11) is 3.58. The molecule has 6 heteroatoms. The van der Waals surface area contributed by atoms with Crippen molar-refractivity contribution in [2.75, 3.05) is 40.3 Å². The van der Waals surface area contributed by atoms with Crippen molar-refractivity contribution in [3.63, 3.8) is 0 Å². The zero-order valence-electron chi connectivity index (χ0n) is 16.6. The van der Waals surface area contributed by atoms with E-state index < -0.39 is 0 Å². The summed E-state index contributed by atoms with van der Waals surface area (Å²) >= 11 is 0. The van der Waals surface area contributed by atoms with E-state index in [1.165, 1.54) is 18.4 Å². The minimum atomic E-state index is 0. The lowest BCUT2D eigenvalue weighted by Gasteiger charge is -2.30. The number of nitrogens with one attached hydrogen (secondary N) is 2. The summed E-state index contributed by atoms with van der Waals surface area (Å²) in [5, 5.41) is 6.93. The van der Waals surface area contributed by atoms with Crippen molar-refractivity contribution >= 4 is 29.9 Å². The van der Waals surface area contributed by atoms with Crippen molar-refractivity contribution in [1.29, 1.82) is 0 Å². The number of ether oxygens (including phenoxy) is 1. The van der Waals surface area contributed by atoms with Crippen LogP contribution in [0.1, 0.15) is 44.7 Å². The topological polar surface area (TPSA) is 48.9 Å². The summed E-state index contributed by atoms with van der Waals surface area (Å²) in [6.45, 7) is 8.53. The Labute approximate surface area is 176 Å². The second-order valence-corrected chi connectivity index (χ2v) is 7.06. The molecule has 1 aromatic carbocycles. The molecule has 2 rings (SSSR count). The van der Waals surface area contributed by atoms with E-state index in [-0.39, 0.29) is 24.0 Å². The predicted molar refractivity (Wildman–Crippen MR) is 121 cm³/mol. The molecule has 1 aromatic rings. The number of hydrogen-bond donors (Lipinski definition) is 2. The fourth-order valence-corrected chi connectivity index (χ4v) is 3.32. The molecule has 0 spiro atoms. The Morgan fingerprint density at radius 1 is 1.19 bits per heavy atom. The van der Waals surface area contributed by atoms with Crippen LogP contribution in [0, 0.1) is 5.92 Å². The van der Waals surface area contributed by atoms with Crippen LogP contribution < -0.4 is 15.4 Å². The Morgan fingerprint density at radius 3 is 2.50 bits per heavy atom. The molecule has 26 heavy (non-hydrogen) atoms. The van der Waals surface area contributed by atoms with Gasteiger partial charge in [-0.25, -0.2) is 0 Å². The normalized spacial score (nSPS) is 16.3. The molecule has 148 valence electrons. The number of likely N-dealkylation sites (tertiary alicyclic amines) is 1. The predicted octanol–water partition coefficient (Wildman–Crippen LogP) is 3.66. The van der Waals surface area contributed by atoms with Gasteiger partial charge in [0.15, 0.2) is 5.96 Å². The molecule has 1 atom stereocenters. The van der Waals surface area contributed by atoms with E-state index in [9.17, 15) is 0 Å². The lowest BCUT2D eigenvalue weighted by atomic mass is 10.0. The molecule has 1 heterocycles. The van der Waals surface area contributed by atoms with Gasteiger partial charge in [0.05, 0.1) is 13.2 Å². The van der Waals surface area contributed by atoms with E-state index >= 15 is 0 Å². The summed E-state index contributed by atoms with van der Waals surface area (Å²) in [4.78, 5) is 6.91. The Balaban J connectivity index is 0.00000338. The summed E-state index contributed by atoms with van der Waals surface area (Å²) in [6.07, 6.45) is 3.68. The zero-order valence-corrected chi connectivity index (χ0v) is 19.0. The summed E-state index contributed by atoms with van der Waals surface area (Å²) in [5.41, 5.74) is 1.25. The van der Waals surface area contributed by atoms with Crippen LogP contribution in [0.5, 0.6) is 5.75 Å². The third kappa shape index (κ3) is 6.95. The molecule has 1 unspecified atom stereocenters. The molecule has 1 saturated heterocycles. The van der Waals surface area contributed by atoms with Crippen LogP contribution in [0.25, 0.3) is 0 Å². The van der Waals surface area contributed by atoms with Crippen molar-refractivity contribution in [3.8, 4) is 5.75 Å². The largest absolute Gasteiger partial charge is 0.496 e. The summed E-state index contributed by atoms with van der Waals surface area (Å²) in [6, 6.07) is 8.65. The maximum atomic E-state index is 5.61. The number of halogens is 1. The van der Waals surface area contributed by atoms with Gasteiger partial charge in [0.25, 0.3) is 0 Å². The van der Waals surface area contributed by atoms with Gasteiger partial charge >= 0.3 is 0 Å². The third-order valence-electron chi connectivity index (χ3n) is 4.78. The molecule has 0 radical (unpaired) electrons. The Bertz CT molecular complexity index is 544. The first-order valence-electron chi connectivity index (χ1n) is 9.47. The molecule has 0 aromatic heterocycles. The van der Waals surface area contributed by atoms with E-state index in [2.05, 4.69) is 46.5 Å². The Hall–Kier alpha value is -1.02. The van der Waals surface area contributed by atoms with Gasteiger partial charge in [0.2, 0.25) is 0 Å². The van der Waals surface area contributed by atoms with Crippen molar-refractivity contribution in [3.05, 3.63) is 29.8 Å². The second kappa shape index (κ2) is 12.4. The average molecular weight is 474 g/mol. The number of benzene rings is 1. The molecule has 0 amide bonds. The fourth-order valence-electron chi connectivity index (χ4n) is 3.32. The number of para-hydroxylation sites is 1. The van der Waals surface area contributed by atoms with Gasteiger partial charge in [-0.05, 0) is 44.3 Å². The number of methoxy groups -OCH3 is 1. The number of rotatable bonds is 8. The van der Waals surface area contributed by atoms with Gasteiger partial charge in [0.1, 0.15) is 5.75 Å².